The summed E-state index contributed by atoms with van der Waals surface area (Å²) in [5.41, 5.74) is 5.37. The summed E-state index contributed by atoms with van der Waals surface area (Å²) in [4.78, 5) is 0. The molecule has 7 heteroatoms. The van der Waals surface area contributed by atoms with E-state index in [0.29, 0.717) is 11.4 Å². The smallest absolute Gasteiger partial charge is 0.124 e. The van der Waals surface area contributed by atoms with Gasteiger partial charge in [-0.05, 0) is 40.5 Å². The number of hydrazine groups is 1. The number of nitrogens with one attached hydrogen (secondary N) is 1. The highest BCUT2D eigenvalue weighted by Crippen LogP contribution is 2.29. The first kappa shape index (κ1) is 15.4. The third kappa shape index (κ3) is 3.03. The first-order chi connectivity index (χ1) is 9.43. The van der Waals surface area contributed by atoms with Gasteiger partial charge in [-0.2, -0.15) is 5.10 Å². The lowest BCUT2D eigenvalue weighted by atomic mass is 10.0. The molecule has 0 saturated carbocycles. The van der Waals surface area contributed by atoms with Crippen molar-refractivity contribution in [2.24, 2.45) is 12.9 Å². The Hall–Kier alpha value is -0.950. The molecule has 2 aromatic rings. The largest absolute Gasteiger partial charge is 0.271 e. The van der Waals surface area contributed by atoms with Gasteiger partial charge in [0.2, 0.25) is 0 Å². The number of hydrogen-bond donors (Lipinski definition) is 2. The van der Waals surface area contributed by atoms with Crippen LogP contribution in [-0.4, -0.2) is 9.78 Å². The predicted molar refractivity (Wildman–Crippen MR) is 80.8 cm³/mol. The number of aromatic nitrogens is 2. The van der Waals surface area contributed by atoms with Gasteiger partial charge in [-0.15, -0.1) is 0 Å². The van der Waals surface area contributed by atoms with Crippen molar-refractivity contribution in [1.82, 2.24) is 15.2 Å². The third-order valence-electron chi connectivity index (χ3n) is 3.20. The van der Waals surface area contributed by atoms with Gasteiger partial charge in [-0.3, -0.25) is 16.0 Å². The highest BCUT2D eigenvalue weighted by atomic mass is 79.9. The van der Waals surface area contributed by atoms with E-state index in [4.69, 9.17) is 17.4 Å². The van der Waals surface area contributed by atoms with Gasteiger partial charge < -0.3 is 0 Å². The molecular weight excluding hydrogens is 347 g/mol. The second-order valence-electron chi connectivity index (χ2n) is 4.56. The maximum absolute atomic E-state index is 13.1. The fraction of sp³-hybridized carbons (Fsp3) is 0.308. The standard InChI is InChI=1S/C13H15BrClFN4/c1-7-13(14)12(20(2)19-7)6-11(18-17)9-4-3-8(16)5-10(9)15/h3-5,11,18H,6,17H2,1-2H3. The van der Waals surface area contributed by atoms with Crippen LogP contribution < -0.4 is 11.3 Å². The summed E-state index contributed by atoms with van der Waals surface area (Å²) < 4.78 is 15.9. The maximum atomic E-state index is 13.1. The molecule has 1 atom stereocenters. The fourth-order valence-corrected chi connectivity index (χ4v) is 2.93. The van der Waals surface area contributed by atoms with Gasteiger partial charge in [0, 0.05) is 18.5 Å². The summed E-state index contributed by atoms with van der Waals surface area (Å²) >= 11 is 9.60. The molecule has 2 rings (SSSR count). The molecule has 0 spiro atoms. The Morgan fingerprint density at radius 2 is 2.25 bits per heavy atom. The molecule has 1 heterocycles. The van der Waals surface area contributed by atoms with E-state index in [1.807, 2.05) is 14.0 Å². The van der Waals surface area contributed by atoms with Gasteiger partial charge >= 0.3 is 0 Å². The molecule has 0 amide bonds. The van der Waals surface area contributed by atoms with Crippen molar-refractivity contribution >= 4 is 27.5 Å². The Labute approximate surface area is 130 Å². The Bertz CT molecular complexity index is 629. The van der Waals surface area contributed by atoms with Gasteiger partial charge in [0.15, 0.2) is 0 Å². The van der Waals surface area contributed by atoms with E-state index in [0.717, 1.165) is 21.4 Å². The lowest BCUT2D eigenvalue weighted by Gasteiger charge is -2.18. The van der Waals surface area contributed by atoms with Crippen molar-refractivity contribution in [2.75, 3.05) is 0 Å². The first-order valence-corrected chi connectivity index (χ1v) is 7.20. The van der Waals surface area contributed by atoms with Crippen LogP contribution in [0.1, 0.15) is 23.0 Å². The van der Waals surface area contributed by atoms with Crippen LogP contribution in [0.4, 0.5) is 4.39 Å². The van der Waals surface area contributed by atoms with Gasteiger partial charge in [0.05, 0.1) is 21.9 Å². The molecule has 1 unspecified atom stereocenters. The molecular formula is C13H15BrClFN4. The normalized spacial score (nSPS) is 12.7. The van der Waals surface area contributed by atoms with Crippen LogP contribution in [0.3, 0.4) is 0 Å². The van der Waals surface area contributed by atoms with Gasteiger partial charge in [-0.1, -0.05) is 17.7 Å². The van der Waals surface area contributed by atoms with Gasteiger partial charge in [0.25, 0.3) is 0 Å². The Morgan fingerprint density at radius 1 is 1.55 bits per heavy atom. The zero-order chi connectivity index (χ0) is 14.9. The van der Waals surface area contributed by atoms with Crippen molar-refractivity contribution in [3.8, 4) is 0 Å². The van der Waals surface area contributed by atoms with Crippen LogP contribution in [-0.2, 0) is 13.5 Å². The number of benzene rings is 1. The Kier molecular flexibility index (Phi) is 4.80. The van der Waals surface area contributed by atoms with Crippen LogP contribution in [0.15, 0.2) is 22.7 Å². The lowest BCUT2D eigenvalue weighted by molar-refractivity contribution is 0.527. The highest BCUT2D eigenvalue weighted by Gasteiger charge is 2.19. The molecule has 0 bridgehead atoms. The average molecular weight is 362 g/mol. The minimum atomic E-state index is -0.368. The summed E-state index contributed by atoms with van der Waals surface area (Å²) in [5, 5.41) is 4.69. The molecule has 3 N–H and O–H groups in total. The quantitative estimate of drug-likeness (QED) is 0.650. The molecule has 0 aliphatic rings. The van der Waals surface area contributed by atoms with E-state index in [9.17, 15) is 4.39 Å². The number of rotatable bonds is 4. The third-order valence-corrected chi connectivity index (χ3v) is 4.56. The number of hydrogen-bond acceptors (Lipinski definition) is 3. The van der Waals surface area contributed by atoms with Gasteiger partial charge in [0.1, 0.15) is 5.82 Å². The van der Waals surface area contributed by atoms with Crippen LogP contribution in [0.5, 0.6) is 0 Å². The van der Waals surface area contributed by atoms with E-state index < -0.39 is 0 Å². The molecule has 108 valence electrons. The highest BCUT2D eigenvalue weighted by molar-refractivity contribution is 9.10. The maximum Gasteiger partial charge on any atom is 0.124 e. The number of nitrogens with two attached hydrogens (primary N) is 1. The molecule has 4 nitrogen and oxygen atoms in total. The second kappa shape index (κ2) is 6.22. The number of halogens is 3. The topological polar surface area (TPSA) is 55.9 Å². The number of aryl methyl sites for hydroxylation is 2. The molecule has 0 aliphatic heterocycles. The van der Waals surface area contributed by atoms with E-state index >= 15 is 0 Å². The van der Waals surface area contributed by atoms with E-state index in [2.05, 4.69) is 26.5 Å². The lowest BCUT2D eigenvalue weighted by Crippen LogP contribution is -2.30. The van der Waals surface area contributed by atoms with E-state index in [1.165, 1.54) is 12.1 Å². The summed E-state index contributed by atoms with van der Waals surface area (Å²) in [6, 6.07) is 4.06. The molecule has 0 radical (unpaired) electrons. The molecule has 0 fully saturated rings. The summed E-state index contributed by atoms with van der Waals surface area (Å²) in [7, 11) is 1.87. The Morgan fingerprint density at radius 3 is 2.75 bits per heavy atom. The van der Waals surface area contributed by atoms with Crippen molar-refractivity contribution in [3.05, 3.63) is 50.5 Å². The van der Waals surface area contributed by atoms with E-state index in [-0.39, 0.29) is 11.9 Å². The van der Waals surface area contributed by atoms with Gasteiger partial charge in [-0.25, -0.2) is 4.39 Å². The van der Waals surface area contributed by atoms with Crippen LogP contribution in [0.25, 0.3) is 0 Å². The Balaban J connectivity index is 2.33. The SMILES string of the molecule is Cc1nn(C)c(CC(NN)c2ccc(F)cc2Cl)c1Br. The average Bonchev–Trinajstić information content (AvgIpc) is 2.62. The molecule has 0 aliphatic carbocycles. The minimum absolute atomic E-state index is 0.228. The molecule has 1 aromatic carbocycles. The monoisotopic (exact) mass is 360 g/mol. The minimum Gasteiger partial charge on any atom is -0.271 e. The van der Waals surface area contributed by atoms with Crippen LogP contribution in [0.2, 0.25) is 5.02 Å². The summed E-state index contributed by atoms with van der Waals surface area (Å²) in [5.74, 6) is 5.25. The van der Waals surface area contributed by atoms with Crippen molar-refractivity contribution in [2.45, 2.75) is 19.4 Å². The second-order valence-corrected chi connectivity index (χ2v) is 5.76. The molecule has 1 aromatic heterocycles. The summed E-state index contributed by atoms with van der Waals surface area (Å²) in [6.07, 6.45) is 0.583. The van der Waals surface area contributed by atoms with Crippen LogP contribution >= 0.6 is 27.5 Å². The zero-order valence-electron chi connectivity index (χ0n) is 11.1. The predicted octanol–water partition coefficient (Wildman–Crippen LogP) is 3.03. The number of nitrogens with zero attached hydrogens (tertiary/aromatic N) is 2. The van der Waals surface area contributed by atoms with Crippen molar-refractivity contribution < 1.29 is 4.39 Å². The zero-order valence-corrected chi connectivity index (χ0v) is 13.5. The van der Waals surface area contributed by atoms with Crippen LogP contribution in [0, 0.1) is 12.7 Å². The van der Waals surface area contributed by atoms with Crippen molar-refractivity contribution in [3.63, 3.8) is 0 Å². The van der Waals surface area contributed by atoms with E-state index in [1.54, 1.807) is 10.7 Å². The molecule has 20 heavy (non-hydrogen) atoms. The first-order valence-electron chi connectivity index (χ1n) is 6.03. The molecule has 0 saturated heterocycles. The summed E-state index contributed by atoms with van der Waals surface area (Å²) in [6.45, 7) is 1.92. The fourth-order valence-electron chi connectivity index (χ4n) is 2.14. The van der Waals surface area contributed by atoms with Crippen molar-refractivity contribution in [1.29, 1.82) is 0 Å².